The molecule has 1 N–H and O–H groups in total. The van der Waals surface area contributed by atoms with E-state index in [-0.39, 0.29) is 24.1 Å². The van der Waals surface area contributed by atoms with Crippen LogP contribution in [0.5, 0.6) is 0 Å². The van der Waals surface area contributed by atoms with Crippen LogP contribution in [0.1, 0.15) is 23.4 Å². The minimum Gasteiger partial charge on any atom is -0.348 e. The molecule has 1 unspecified atom stereocenters. The van der Waals surface area contributed by atoms with Gasteiger partial charge in [0.2, 0.25) is 5.91 Å². The molecule has 0 fully saturated rings. The number of benzene rings is 2. The number of fused-ring (bicyclic) bond motifs is 1. The van der Waals surface area contributed by atoms with Crippen molar-refractivity contribution in [3.05, 3.63) is 87.8 Å². The van der Waals surface area contributed by atoms with Crippen LogP contribution in [-0.2, 0) is 11.3 Å². The summed E-state index contributed by atoms with van der Waals surface area (Å²) in [6, 6.07) is 19.4. The van der Waals surface area contributed by atoms with Crippen molar-refractivity contribution in [1.82, 2.24) is 14.9 Å². The van der Waals surface area contributed by atoms with Crippen LogP contribution in [0.25, 0.3) is 21.3 Å². The fourth-order valence-electron chi connectivity index (χ4n) is 3.47. The van der Waals surface area contributed by atoms with Crippen LogP contribution < -0.4 is 10.9 Å². The summed E-state index contributed by atoms with van der Waals surface area (Å²) in [7, 11) is 0. The summed E-state index contributed by atoms with van der Waals surface area (Å²) in [6.07, 6.45) is 1.46. The maximum absolute atomic E-state index is 13.2. The van der Waals surface area contributed by atoms with Crippen LogP contribution in [0.4, 0.5) is 0 Å². The third-order valence-corrected chi connectivity index (χ3v) is 5.92. The molecule has 0 aliphatic carbocycles. The predicted molar refractivity (Wildman–Crippen MR) is 117 cm³/mol. The van der Waals surface area contributed by atoms with E-state index in [0.29, 0.717) is 10.2 Å². The van der Waals surface area contributed by atoms with Gasteiger partial charge in [0.1, 0.15) is 11.4 Å². The molecule has 0 bridgehead atoms. The lowest BCUT2D eigenvalue weighted by Gasteiger charge is -2.15. The molecular weight excluding hydrogens is 382 g/mol. The first-order chi connectivity index (χ1) is 14.0. The molecule has 2 aromatic heterocycles. The minimum atomic E-state index is -0.224. The van der Waals surface area contributed by atoms with Gasteiger partial charge >= 0.3 is 0 Å². The van der Waals surface area contributed by atoms with Crippen molar-refractivity contribution in [2.75, 3.05) is 0 Å². The van der Waals surface area contributed by atoms with Gasteiger partial charge in [-0.15, -0.1) is 11.3 Å². The average Bonchev–Trinajstić information content (AvgIpc) is 3.08. The van der Waals surface area contributed by atoms with Crippen molar-refractivity contribution in [1.29, 1.82) is 0 Å². The Bertz CT molecular complexity index is 1210. The van der Waals surface area contributed by atoms with E-state index in [1.54, 1.807) is 0 Å². The van der Waals surface area contributed by atoms with Gasteiger partial charge in [0, 0.05) is 10.4 Å². The van der Waals surface area contributed by atoms with Gasteiger partial charge in [-0.1, -0.05) is 60.7 Å². The highest BCUT2D eigenvalue weighted by Gasteiger charge is 2.18. The smallest absolute Gasteiger partial charge is 0.263 e. The molecule has 0 saturated heterocycles. The lowest BCUT2D eigenvalue weighted by atomic mass is 10.0. The fourth-order valence-corrected chi connectivity index (χ4v) is 4.47. The predicted octanol–water partition coefficient (Wildman–Crippen LogP) is 4.31. The van der Waals surface area contributed by atoms with Gasteiger partial charge in [0.25, 0.3) is 5.56 Å². The fraction of sp³-hybridized carbons (Fsp3) is 0.174. The van der Waals surface area contributed by atoms with Gasteiger partial charge in [-0.3, -0.25) is 14.2 Å². The molecular formula is C23H21N3O2S. The number of carbonyl (C=O) groups is 1. The first-order valence-corrected chi connectivity index (χ1v) is 10.2. The molecule has 1 amide bonds. The minimum absolute atomic E-state index is 0.0674. The molecule has 4 rings (SSSR count). The largest absolute Gasteiger partial charge is 0.348 e. The summed E-state index contributed by atoms with van der Waals surface area (Å²) in [4.78, 5) is 31.9. The van der Waals surface area contributed by atoms with Crippen molar-refractivity contribution < 1.29 is 4.79 Å². The summed E-state index contributed by atoms with van der Waals surface area (Å²) >= 11 is 1.50. The lowest BCUT2D eigenvalue weighted by Crippen LogP contribution is -2.33. The number of aromatic nitrogens is 2. The maximum Gasteiger partial charge on any atom is 0.263 e. The van der Waals surface area contributed by atoms with Crippen molar-refractivity contribution in [2.45, 2.75) is 26.4 Å². The molecule has 6 heteroatoms. The number of nitrogens with one attached hydrogen (secondary N) is 1. The molecule has 146 valence electrons. The molecule has 5 nitrogen and oxygen atoms in total. The highest BCUT2D eigenvalue weighted by Crippen LogP contribution is 2.35. The van der Waals surface area contributed by atoms with E-state index in [0.717, 1.165) is 21.6 Å². The van der Waals surface area contributed by atoms with E-state index in [1.807, 2.05) is 74.5 Å². The summed E-state index contributed by atoms with van der Waals surface area (Å²) in [5.41, 5.74) is 2.70. The van der Waals surface area contributed by atoms with Gasteiger partial charge in [-0.2, -0.15) is 0 Å². The van der Waals surface area contributed by atoms with Crippen LogP contribution in [0.3, 0.4) is 0 Å². The summed E-state index contributed by atoms with van der Waals surface area (Å²) in [5.74, 6) is -0.224. The van der Waals surface area contributed by atoms with E-state index in [4.69, 9.17) is 0 Å². The van der Waals surface area contributed by atoms with Crippen molar-refractivity contribution in [3.63, 3.8) is 0 Å². The maximum atomic E-state index is 13.2. The Labute approximate surface area is 172 Å². The van der Waals surface area contributed by atoms with Gasteiger partial charge < -0.3 is 5.32 Å². The van der Waals surface area contributed by atoms with E-state index >= 15 is 0 Å². The number of aryl methyl sites for hydroxylation is 1. The van der Waals surface area contributed by atoms with Crippen molar-refractivity contribution in [2.24, 2.45) is 0 Å². The molecule has 0 saturated carbocycles. The molecule has 4 aromatic rings. The molecule has 0 aliphatic heterocycles. The number of rotatable bonds is 5. The Morgan fingerprint density at radius 2 is 1.76 bits per heavy atom. The zero-order valence-corrected chi connectivity index (χ0v) is 17.1. The first kappa shape index (κ1) is 19.1. The quantitative estimate of drug-likeness (QED) is 0.540. The summed E-state index contributed by atoms with van der Waals surface area (Å²) in [6.45, 7) is 3.85. The Morgan fingerprint density at radius 1 is 1.10 bits per heavy atom. The number of thiophene rings is 1. The number of amides is 1. The van der Waals surface area contributed by atoms with Gasteiger partial charge in [0.05, 0.1) is 17.8 Å². The molecule has 2 heterocycles. The third kappa shape index (κ3) is 3.84. The number of hydrogen-bond donors (Lipinski definition) is 1. The second-order valence-electron chi connectivity index (χ2n) is 6.96. The van der Waals surface area contributed by atoms with E-state index in [1.165, 1.54) is 22.2 Å². The van der Waals surface area contributed by atoms with Crippen LogP contribution in [0.15, 0.2) is 71.8 Å². The SMILES string of the molecule is Cc1sc2ncn(CC(=O)NC(C)c3ccccc3)c(=O)c2c1-c1ccccc1. The van der Waals surface area contributed by atoms with E-state index in [2.05, 4.69) is 10.3 Å². The van der Waals surface area contributed by atoms with Gasteiger partial charge in [-0.05, 0) is 25.0 Å². The molecule has 0 radical (unpaired) electrons. The zero-order valence-electron chi connectivity index (χ0n) is 16.3. The molecule has 0 spiro atoms. The van der Waals surface area contributed by atoms with Crippen molar-refractivity contribution in [3.8, 4) is 11.1 Å². The number of nitrogens with zero attached hydrogens (tertiary/aromatic N) is 2. The summed E-state index contributed by atoms with van der Waals surface area (Å²) < 4.78 is 1.38. The lowest BCUT2D eigenvalue weighted by molar-refractivity contribution is -0.122. The van der Waals surface area contributed by atoms with Crippen LogP contribution >= 0.6 is 11.3 Å². The first-order valence-electron chi connectivity index (χ1n) is 9.43. The zero-order chi connectivity index (χ0) is 20.4. The molecule has 0 aliphatic rings. The molecule has 2 aromatic carbocycles. The van der Waals surface area contributed by atoms with Crippen LogP contribution in [-0.4, -0.2) is 15.5 Å². The Hall–Kier alpha value is -3.25. The van der Waals surface area contributed by atoms with E-state index in [9.17, 15) is 9.59 Å². The molecule has 1 atom stereocenters. The Morgan fingerprint density at radius 3 is 2.45 bits per heavy atom. The third-order valence-electron chi connectivity index (χ3n) is 4.91. The molecule has 29 heavy (non-hydrogen) atoms. The highest BCUT2D eigenvalue weighted by atomic mass is 32.1. The van der Waals surface area contributed by atoms with Gasteiger partial charge in [-0.25, -0.2) is 4.98 Å². The van der Waals surface area contributed by atoms with Gasteiger partial charge in [0.15, 0.2) is 0 Å². The van der Waals surface area contributed by atoms with Crippen molar-refractivity contribution >= 4 is 27.5 Å². The standard InChI is InChI=1S/C23H21N3O2S/c1-15(17-9-5-3-6-10-17)25-19(27)13-26-14-24-22-21(23(26)28)20(16(2)29-22)18-11-7-4-8-12-18/h3-12,14-15H,13H2,1-2H3,(H,25,27). The second kappa shape index (κ2) is 8.01. The summed E-state index contributed by atoms with van der Waals surface area (Å²) in [5, 5.41) is 3.52. The Kier molecular flexibility index (Phi) is 5.27. The monoisotopic (exact) mass is 403 g/mol. The van der Waals surface area contributed by atoms with Crippen LogP contribution in [0.2, 0.25) is 0 Å². The number of carbonyl (C=O) groups excluding carboxylic acids is 1. The van der Waals surface area contributed by atoms with E-state index < -0.39 is 0 Å². The highest BCUT2D eigenvalue weighted by molar-refractivity contribution is 7.19. The average molecular weight is 404 g/mol. The normalized spacial score (nSPS) is 12.1. The Balaban J connectivity index is 1.64. The second-order valence-corrected chi connectivity index (χ2v) is 8.16. The number of hydrogen-bond acceptors (Lipinski definition) is 4. The topological polar surface area (TPSA) is 64.0 Å². The van der Waals surface area contributed by atoms with Crippen LogP contribution in [0, 0.1) is 6.92 Å².